The van der Waals surface area contributed by atoms with Crippen LogP contribution in [0.5, 0.6) is 0 Å². The molecule has 0 aromatic rings. The van der Waals surface area contributed by atoms with Gasteiger partial charge in [0.15, 0.2) is 0 Å². The molecule has 1 amide bonds. The fourth-order valence-corrected chi connectivity index (χ4v) is 0.426. The highest BCUT2D eigenvalue weighted by Gasteiger charge is 1.95. The van der Waals surface area contributed by atoms with Crippen molar-refractivity contribution >= 4 is 6.41 Å². The summed E-state index contributed by atoms with van der Waals surface area (Å²) in [5.74, 6) is 0. The predicted octanol–water partition coefficient (Wildman–Crippen LogP) is 0.281. The molecule has 0 aliphatic heterocycles. The van der Waals surface area contributed by atoms with E-state index < -0.39 is 0 Å². The van der Waals surface area contributed by atoms with Crippen molar-refractivity contribution in [1.82, 2.24) is 5.32 Å². The van der Waals surface area contributed by atoms with Gasteiger partial charge < -0.3 is 10.1 Å². The van der Waals surface area contributed by atoms with Gasteiger partial charge in [-0.2, -0.15) is 0 Å². The van der Waals surface area contributed by atoms with Gasteiger partial charge >= 0.3 is 0 Å². The van der Waals surface area contributed by atoms with Gasteiger partial charge in [-0.15, -0.1) is 0 Å². The van der Waals surface area contributed by atoms with Crippen LogP contribution in [-0.2, 0) is 9.53 Å². The first kappa shape index (κ1) is 8.01. The van der Waals surface area contributed by atoms with Gasteiger partial charge in [-0.1, -0.05) is 6.58 Å². The number of nitrogens with one attached hydrogen (secondary N) is 1. The Labute approximate surface area is 54.7 Å². The van der Waals surface area contributed by atoms with E-state index in [-0.39, 0.29) is 6.10 Å². The summed E-state index contributed by atoms with van der Waals surface area (Å²) >= 11 is 0. The molecule has 3 nitrogen and oxygen atoms in total. The van der Waals surface area contributed by atoms with Gasteiger partial charge in [0, 0.05) is 0 Å². The third-order valence-corrected chi connectivity index (χ3v) is 0.817. The Kier molecular flexibility index (Phi) is 4.59. The number of ether oxygens (including phenoxy) is 1. The lowest BCUT2D eigenvalue weighted by Gasteiger charge is -2.08. The molecule has 0 aromatic carbocycles. The Balaban J connectivity index is 3.14. The quantitative estimate of drug-likeness (QED) is 0.427. The summed E-state index contributed by atoms with van der Waals surface area (Å²) < 4.78 is 4.89. The molecule has 9 heavy (non-hydrogen) atoms. The number of carbonyl (C=O) groups is 1. The number of hydrogen-bond acceptors (Lipinski definition) is 2. The van der Waals surface area contributed by atoms with Crippen molar-refractivity contribution in [3.8, 4) is 0 Å². The zero-order valence-corrected chi connectivity index (χ0v) is 5.46. The molecular formula is C6H11NO2. The molecule has 0 heterocycles. The molecular weight excluding hydrogens is 118 g/mol. The highest BCUT2D eigenvalue weighted by atomic mass is 16.5. The Bertz CT molecular complexity index is 93.1. The first-order valence-electron chi connectivity index (χ1n) is 2.74. The Hall–Kier alpha value is -0.990. The second-order valence-corrected chi connectivity index (χ2v) is 1.64. The van der Waals surface area contributed by atoms with E-state index in [9.17, 15) is 4.79 Å². The van der Waals surface area contributed by atoms with Crippen LogP contribution in [0.15, 0.2) is 12.8 Å². The number of rotatable bonds is 5. The van der Waals surface area contributed by atoms with Crippen LogP contribution in [0.4, 0.5) is 0 Å². The average Bonchev–Trinajstić information content (AvgIpc) is 1.85. The lowest BCUT2D eigenvalue weighted by molar-refractivity contribution is -0.109. The molecule has 0 fully saturated rings. The minimum Gasteiger partial charge on any atom is -0.497 e. The summed E-state index contributed by atoms with van der Waals surface area (Å²) in [6, 6.07) is 0. The summed E-state index contributed by atoms with van der Waals surface area (Å²) in [5.41, 5.74) is 0. The Morgan fingerprint density at radius 1 is 1.89 bits per heavy atom. The SMILES string of the molecule is C=COC(C)CNC=O. The van der Waals surface area contributed by atoms with Crippen molar-refractivity contribution in [2.45, 2.75) is 13.0 Å². The maximum Gasteiger partial charge on any atom is 0.207 e. The summed E-state index contributed by atoms with van der Waals surface area (Å²) in [7, 11) is 0. The monoisotopic (exact) mass is 129 g/mol. The van der Waals surface area contributed by atoms with Gasteiger partial charge in [-0.3, -0.25) is 4.79 Å². The van der Waals surface area contributed by atoms with E-state index in [4.69, 9.17) is 4.74 Å². The molecule has 0 bridgehead atoms. The summed E-state index contributed by atoms with van der Waals surface area (Å²) in [5, 5.41) is 2.48. The topological polar surface area (TPSA) is 38.3 Å². The maximum atomic E-state index is 9.72. The maximum absolute atomic E-state index is 9.72. The molecule has 0 aliphatic carbocycles. The van der Waals surface area contributed by atoms with Crippen molar-refractivity contribution < 1.29 is 9.53 Å². The molecule has 1 atom stereocenters. The number of carbonyl (C=O) groups excluding carboxylic acids is 1. The first-order valence-corrected chi connectivity index (χ1v) is 2.74. The van der Waals surface area contributed by atoms with Crippen LogP contribution in [0.1, 0.15) is 6.92 Å². The van der Waals surface area contributed by atoms with Crippen LogP contribution >= 0.6 is 0 Å². The number of hydrogen-bond donors (Lipinski definition) is 1. The highest BCUT2D eigenvalue weighted by molar-refractivity contribution is 5.45. The first-order chi connectivity index (χ1) is 4.31. The zero-order chi connectivity index (χ0) is 7.11. The zero-order valence-electron chi connectivity index (χ0n) is 5.46. The van der Waals surface area contributed by atoms with Gasteiger partial charge in [0.25, 0.3) is 0 Å². The second-order valence-electron chi connectivity index (χ2n) is 1.64. The lowest BCUT2D eigenvalue weighted by Crippen LogP contribution is -2.24. The molecule has 0 aromatic heterocycles. The van der Waals surface area contributed by atoms with E-state index in [0.29, 0.717) is 13.0 Å². The van der Waals surface area contributed by atoms with Crippen LogP contribution in [0.2, 0.25) is 0 Å². The second kappa shape index (κ2) is 5.15. The molecule has 0 spiro atoms. The largest absolute Gasteiger partial charge is 0.497 e. The third-order valence-electron chi connectivity index (χ3n) is 0.817. The molecule has 0 aliphatic rings. The van der Waals surface area contributed by atoms with Gasteiger partial charge in [0.1, 0.15) is 6.10 Å². The fraction of sp³-hybridized carbons (Fsp3) is 0.500. The third kappa shape index (κ3) is 4.87. The Morgan fingerprint density at radius 2 is 2.56 bits per heavy atom. The molecule has 0 radical (unpaired) electrons. The molecule has 0 rings (SSSR count). The molecule has 0 saturated carbocycles. The molecule has 0 saturated heterocycles. The van der Waals surface area contributed by atoms with Crippen LogP contribution < -0.4 is 5.32 Å². The van der Waals surface area contributed by atoms with E-state index in [1.165, 1.54) is 6.26 Å². The minimum atomic E-state index is 0.00713. The molecule has 1 N–H and O–H groups in total. The molecule has 1 unspecified atom stereocenters. The van der Waals surface area contributed by atoms with Gasteiger partial charge in [-0.05, 0) is 6.92 Å². The summed E-state index contributed by atoms with van der Waals surface area (Å²) in [6.07, 6.45) is 2.01. The lowest BCUT2D eigenvalue weighted by atomic mass is 10.4. The van der Waals surface area contributed by atoms with Crippen molar-refractivity contribution in [2.24, 2.45) is 0 Å². The van der Waals surface area contributed by atoms with Crippen LogP contribution in [0.25, 0.3) is 0 Å². The van der Waals surface area contributed by atoms with Crippen molar-refractivity contribution in [3.63, 3.8) is 0 Å². The highest BCUT2D eigenvalue weighted by Crippen LogP contribution is 1.85. The van der Waals surface area contributed by atoms with Crippen LogP contribution in [0.3, 0.4) is 0 Å². The van der Waals surface area contributed by atoms with Gasteiger partial charge in [0.05, 0.1) is 12.8 Å². The fourth-order valence-electron chi connectivity index (χ4n) is 0.426. The van der Waals surface area contributed by atoms with Crippen LogP contribution in [0, 0.1) is 0 Å². The van der Waals surface area contributed by atoms with Gasteiger partial charge in [0.2, 0.25) is 6.41 Å². The van der Waals surface area contributed by atoms with Gasteiger partial charge in [-0.25, -0.2) is 0 Å². The van der Waals surface area contributed by atoms with E-state index >= 15 is 0 Å². The van der Waals surface area contributed by atoms with E-state index in [1.54, 1.807) is 0 Å². The van der Waals surface area contributed by atoms with E-state index in [2.05, 4.69) is 11.9 Å². The van der Waals surface area contributed by atoms with E-state index in [0.717, 1.165) is 0 Å². The van der Waals surface area contributed by atoms with E-state index in [1.807, 2.05) is 6.92 Å². The molecule has 3 heteroatoms. The molecule has 52 valence electrons. The number of amides is 1. The van der Waals surface area contributed by atoms with Crippen molar-refractivity contribution in [2.75, 3.05) is 6.54 Å². The standard InChI is InChI=1S/C6H11NO2/c1-3-9-6(2)4-7-5-8/h3,5-6H,1,4H2,2H3,(H,7,8). The predicted molar refractivity (Wildman–Crippen MR) is 34.8 cm³/mol. The summed E-state index contributed by atoms with van der Waals surface area (Å²) in [6.45, 7) is 5.74. The smallest absolute Gasteiger partial charge is 0.207 e. The minimum absolute atomic E-state index is 0.00713. The van der Waals surface area contributed by atoms with Crippen molar-refractivity contribution in [1.29, 1.82) is 0 Å². The normalized spacial score (nSPS) is 11.7. The summed E-state index contributed by atoms with van der Waals surface area (Å²) in [4.78, 5) is 9.72. The van der Waals surface area contributed by atoms with Crippen LogP contribution in [-0.4, -0.2) is 19.1 Å². The van der Waals surface area contributed by atoms with Crippen molar-refractivity contribution in [3.05, 3.63) is 12.8 Å². The Morgan fingerprint density at radius 3 is 3.00 bits per heavy atom. The average molecular weight is 129 g/mol.